The molecule has 1 aromatic rings. The molecule has 92 valence electrons. The lowest BCUT2D eigenvalue weighted by Crippen LogP contribution is -2.16. The normalized spacial score (nSPS) is 11.9. The summed E-state index contributed by atoms with van der Waals surface area (Å²) in [4.78, 5) is 26.7. The molecule has 1 rings (SSSR count). The molecule has 0 radical (unpaired) electrons. The summed E-state index contributed by atoms with van der Waals surface area (Å²) < 4.78 is 4.69. The quantitative estimate of drug-likeness (QED) is 0.612. The zero-order chi connectivity index (χ0) is 12.7. The predicted octanol–water partition coefficient (Wildman–Crippen LogP) is 1.14. The molecule has 0 saturated carbocycles. The Bertz CT molecular complexity index is 379. The number of rotatable bonds is 5. The average Bonchev–Trinajstić information content (AvgIpc) is 2.30. The molecule has 0 aliphatic heterocycles. The smallest absolute Gasteiger partial charge is 0.347 e. The lowest BCUT2D eigenvalue weighted by Gasteiger charge is -2.08. The molecule has 5 nitrogen and oxygen atoms in total. The first-order chi connectivity index (χ1) is 8.13. The number of carbonyl (C=O) groups is 2. The molecule has 0 aliphatic rings. The van der Waals surface area contributed by atoms with Crippen LogP contribution in [-0.4, -0.2) is 23.5 Å². The highest BCUT2D eigenvalue weighted by Crippen LogP contribution is 2.08. The Morgan fingerprint density at radius 3 is 2.88 bits per heavy atom. The first kappa shape index (κ1) is 13.3. The van der Waals surface area contributed by atoms with Crippen molar-refractivity contribution < 1.29 is 14.3 Å². The van der Waals surface area contributed by atoms with Crippen molar-refractivity contribution >= 4 is 11.9 Å². The predicted molar refractivity (Wildman–Crippen MR) is 62.1 cm³/mol. The van der Waals surface area contributed by atoms with Gasteiger partial charge in [-0.15, -0.1) is 0 Å². The van der Waals surface area contributed by atoms with Crippen molar-refractivity contribution in [1.82, 2.24) is 4.98 Å². The summed E-state index contributed by atoms with van der Waals surface area (Å²) in [6.07, 6.45) is 3.83. The molecule has 0 aliphatic carbocycles. The third-order valence-electron chi connectivity index (χ3n) is 2.28. The molecule has 1 heterocycles. The van der Waals surface area contributed by atoms with Crippen molar-refractivity contribution in [2.45, 2.75) is 19.8 Å². The third-order valence-corrected chi connectivity index (χ3v) is 2.28. The van der Waals surface area contributed by atoms with Gasteiger partial charge in [0.05, 0.1) is 5.56 Å². The zero-order valence-electron chi connectivity index (χ0n) is 9.76. The Morgan fingerprint density at radius 1 is 1.53 bits per heavy atom. The fourth-order valence-corrected chi connectivity index (χ4v) is 1.36. The third kappa shape index (κ3) is 4.74. The monoisotopic (exact) mass is 236 g/mol. The van der Waals surface area contributed by atoms with E-state index in [1.54, 1.807) is 18.3 Å². The molecular weight excluding hydrogens is 220 g/mol. The Hall–Kier alpha value is -1.75. The summed E-state index contributed by atoms with van der Waals surface area (Å²) >= 11 is 0. The van der Waals surface area contributed by atoms with Gasteiger partial charge in [-0.05, 0) is 31.0 Å². The van der Waals surface area contributed by atoms with E-state index in [1.807, 2.05) is 6.92 Å². The van der Waals surface area contributed by atoms with E-state index in [2.05, 4.69) is 4.98 Å². The van der Waals surface area contributed by atoms with Gasteiger partial charge in [-0.25, -0.2) is 4.79 Å². The SMILES string of the molecule is C[C@@H](CCN)CC(=O)OC(=O)c1cccnc1. The number of hydrogen-bond donors (Lipinski definition) is 1. The van der Waals surface area contributed by atoms with Gasteiger partial charge in [0.25, 0.3) is 0 Å². The van der Waals surface area contributed by atoms with Crippen LogP contribution >= 0.6 is 0 Å². The molecule has 0 spiro atoms. The number of esters is 2. The maximum Gasteiger partial charge on any atom is 0.347 e. The van der Waals surface area contributed by atoms with Gasteiger partial charge in [-0.3, -0.25) is 9.78 Å². The number of aromatic nitrogens is 1. The number of ether oxygens (including phenoxy) is 1. The van der Waals surface area contributed by atoms with Gasteiger partial charge in [-0.1, -0.05) is 6.92 Å². The lowest BCUT2D eigenvalue weighted by molar-refractivity contribution is -0.138. The highest BCUT2D eigenvalue weighted by atomic mass is 16.6. The summed E-state index contributed by atoms with van der Waals surface area (Å²) in [5.41, 5.74) is 5.64. The van der Waals surface area contributed by atoms with Crippen LogP contribution in [0.4, 0.5) is 0 Å². The molecule has 0 amide bonds. The van der Waals surface area contributed by atoms with E-state index >= 15 is 0 Å². The Kier molecular flexibility index (Phi) is 5.29. The summed E-state index contributed by atoms with van der Waals surface area (Å²) in [6, 6.07) is 3.16. The van der Waals surface area contributed by atoms with Crippen molar-refractivity contribution in [1.29, 1.82) is 0 Å². The molecule has 1 aromatic heterocycles. The summed E-state index contributed by atoms with van der Waals surface area (Å²) in [5, 5.41) is 0. The van der Waals surface area contributed by atoms with Crippen molar-refractivity contribution in [2.24, 2.45) is 11.7 Å². The molecule has 0 bridgehead atoms. The summed E-state index contributed by atoms with van der Waals surface area (Å²) in [7, 11) is 0. The van der Waals surface area contributed by atoms with E-state index < -0.39 is 11.9 Å². The molecule has 2 N–H and O–H groups in total. The number of pyridine rings is 1. The van der Waals surface area contributed by atoms with Crippen LogP contribution < -0.4 is 5.73 Å². The number of nitrogens with two attached hydrogens (primary N) is 1. The Morgan fingerprint density at radius 2 is 2.29 bits per heavy atom. The molecule has 0 saturated heterocycles. The molecule has 5 heteroatoms. The van der Waals surface area contributed by atoms with Crippen molar-refractivity contribution in [3.8, 4) is 0 Å². The van der Waals surface area contributed by atoms with Crippen LogP contribution in [0.2, 0.25) is 0 Å². The van der Waals surface area contributed by atoms with Crippen LogP contribution in [-0.2, 0) is 9.53 Å². The van der Waals surface area contributed by atoms with E-state index in [4.69, 9.17) is 10.5 Å². The van der Waals surface area contributed by atoms with Crippen LogP contribution in [0.25, 0.3) is 0 Å². The maximum absolute atomic E-state index is 11.5. The lowest BCUT2D eigenvalue weighted by atomic mass is 10.0. The standard InChI is InChI=1S/C12H16N2O3/c1-9(4-5-13)7-11(15)17-12(16)10-3-2-6-14-8-10/h2-3,6,8-9H,4-5,7,13H2,1H3/t9-/m0/s1. The highest BCUT2D eigenvalue weighted by molar-refractivity contribution is 5.96. The molecule has 1 atom stereocenters. The Labute approximate surface area is 100.0 Å². The highest BCUT2D eigenvalue weighted by Gasteiger charge is 2.15. The first-order valence-electron chi connectivity index (χ1n) is 5.48. The van der Waals surface area contributed by atoms with E-state index in [-0.39, 0.29) is 17.9 Å². The Balaban J connectivity index is 2.44. The molecular formula is C12H16N2O3. The van der Waals surface area contributed by atoms with Crippen LogP contribution in [0, 0.1) is 5.92 Å². The second-order valence-electron chi connectivity index (χ2n) is 3.89. The summed E-state index contributed by atoms with van der Waals surface area (Å²) in [5.74, 6) is -1.07. The largest absolute Gasteiger partial charge is 0.389 e. The van der Waals surface area contributed by atoms with E-state index in [0.29, 0.717) is 6.54 Å². The van der Waals surface area contributed by atoms with Crippen molar-refractivity contribution in [3.63, 3.8) is 0 Å². The van der Waals surface area contributed by atoms with E-state index in [0.717, 1.165) is 6.42 Å². The topological polar surface area (TPSA) is 82.3 Å². The van der Waals surface area contributed by atoms with Crippen molar-refractivity contribution in [2.75, 3.05) is 6.54 Å². The second kappa shape index (κ2) is 6.75. The molecule has 17 heavy (non-hydrogen) atoms. The van der Waals surface area contributed by atoms with Gasteiger partial charge in [0, 0.05) is 18.8 Å². The van der Waals surface area contributed by atoms with Gasteiger partial charge in [0.2, 0.25) is 0 Å². The number of carbonyl (C=O) groups excluding carboxylic acids is 2. The fraction of sp³-hybridized carbons (Fsp3) is 0.417. The van der Waals surface area contributed by atoms with Gasteiger partial charge in [0.15, 0.2) is 0 Å². The van der Waals surface area contributed by atoms with E-state index in [1.165, 1.54) is 6.20 Å². The first-order valence-corrected chi connectivity index (χ1v) is 5.48. The minimum Gasteiger partial charge on any atom is -0.389 e. The van der Waals surface area contributed by atoms with Crippen LogP contribution in [0.5, 0.6) is 0 Å². The fourth-order valence-electron chi connectivity index (χ4n) is 1.36. The molecule has 0 unspecified atom stereocenters. The van der Waals surface area contributed by atoms with Crippen LogP contribution in [0.15, 0.2) is 24.5 Å². The average molecular weight is 236 g/mol. The van der Waals surface area contributed by atoms with Gasteiger partial charge in [-0.2, -0.15) is 0 Å². The van der Waals surface area contributed by atoms with E-state index in [9.17, 15) is 9.59 Å². The minimum atomic E-state index is -0.664. The second-order valence-corrected chi connectivity index (χ2v) is 3.89. The maximum atomic E-state index is 11.5. The number of nitrogens with zero attached hydrogens (tertiary/aromatic N) is 1. The van der Waals surface area contributed by atoms with Crippen molar-refractivity contribution in [3.05, 3.63) is 30.1 Å². The van der Waals surface area contributed by atoms with Gasteiger partial charge < -0.3 is 10.5 Å². The molecule has 0 aromatic carbocycles. The van der Waals surface area contributed by atoms with Crippen LogP contribution in [0.3, 0.4) is 0 Å². The van der Waals surface area contributed by atoms with Gasteiger partial charge in [0.1, 0.15) is 0 Å². The molecule has 0 fully saturated rings. The number of hydrogen-bond acceptors (Lipinski definition) is 5. The zero-order valence-corrected chi connectivity index (χ0v) is 9.76. The minimum absolute atomic E-state index is 0.120. The van der Waals surface area contributed by atoms with Gasteiger partial charge >= 0.3 is 11.9 Å². The summed E-state index contributed by atoms with van der Waals surface area (Å²) in [6.45, 7) is 2.41. The van der Waals surface area contributed by atoms with Crippen LogP contribution in [0.1, 0.15) is 30.1 Å².